The number of nitrogens with one attached hydrogen (secondary N) is 1. The number of halogens is 2. The van der Waals surface area contributed by atoms with Crippen molar-refractivity contribution >= 4 is 29.1 Å². The van der Waals surface area contributed by atoms with E-state index >= 15 is 0 Å². The molecule has 2 aromatic rings. The molecule has 2 aromatic heterocycles. The number of carbonyl (C=O) groups excluding carboxylic acids is 1. The van der Waals surface area contributed by atoms with E-state index in [0.717, 1.165) is 30.9 Å². The predicted octanol–water partition coefficient (Wildman–Crippen LogP) is 2.23. The van der Waals surface area contributed by atoms with Crippen molar-refractivity contribution in [3.63, 3.8) is 0 Å². The summed E-state index contributed by atoms with van der Waals surface area (Å²) in [5.74, 6) is 1.78. The van der Waals surface area contributed by atoms with Crippen LogP contribution in [-0.4, -0.2) is 31.3 Å². The highest BCUT2D eigenvalue weighted by Gasteiger charge is 2.25. The second-order valence-corrected chi connectivity index (χ2v) is 6.20. The first-order valence-corrected chi connectivity index (χ1v) is 7.99. The van der Waals surface area contributed by atoms with Crippen molar-refractivity contribution in [3.05, 3.63) is 33.6 Å². The maximum absolute atomic E-state index is 12.4. The van der Waals surface area contributed by atoms with E-state index in [0.29, 0.717) is 22.4 Å². The van der Waals surface area contributed by atoms with Crippen molar-refractivity contribution in [2.45, 2.75) is 38.8 Å². The van der Waals surface area contributed by atoms with E-state index in [9.17, 15) is 4.79 Å². The maximum Gasteiger partial charge on any atom is 0.268 e. The molecule has 118 valence electrons. The van der Waals surface area contributed by atoms with Gasteiger partial charge in [0, 0.05) is 32.5 Å². The summed E-state index contributed by atoms with van der Waals surface area (Å²) < 4.78 is 3.68. The number of hydrogen-bond acceptors (Lipinski definition) is 3. The Morgan fingerprint density at radius 3 is 2.86 bits per heavy atom. The standard InChI is InChI=1S/C14H17Cl2N5O/c1-3-11-18-19-12-5-4-8(7-21(11)12)17-14(22)10-6-9(15)13(16)20(10)2/h6,8H,3-5,7H2,1-2H3,(H,17,22)/t8-/m1/s1. The van der Waals surface area contributed by atoms with Crippen LogP contribution in [0.5, 0.6) is 0 Å². The zero-order chi connectivity index (χ0) is 15.9. The van der Waals surface area contributed by atoms with Gasteiger partial charge >= 0.3 is 0 Å². The van der Waals surface area contributed by atoms with Gasteiger partial charge in [0.25, 0.3) is 5.91 Å². The van der Waals surface area contributed by atoms with Gasteiger partial charge in [0.15, 0.2) is 0 Å². The van der Waals surface area contributed by atoms with Gasteiger partial charge in [-0.3, -0.25) is 4.79 Å². The normalized spacial score (nSPS) is 17.4. The van der Waals surface area contributed by atoms with Gasteiger partial charge in [-0.05, 0) is 12.5 Å². The van der Waals surface area contributed by atoms with E-state index in [1.54, 1.807) is 17.7 Å². The average Bonchev–Trinajstić information content (AvgIpc) is 3.03. The lowest BCUT2D eigenvalue weighted by Crippen LogP contribution is -2.41. The molecule has 3 rings (SSSR count). The SMILES string of the molecule is CCc1nnc2n1C[C@H](NC(=O)c1cc(Cl)c(Cl)n1C)CC2. The van der Waals surface area contributed by atoms with Gasteiger partial charge in [-0.1, -0.05) is 30.1 Å². The molecule has 0 saturated heterocycles. The molecule has 0 fully saturated rings. The molecule has 1 aliphatic rings. The number of aromatic nitrogens is 4. The third-order valence-corrected chi connectivity index (χ3v) is 4.87. The predicted molar refractivity (Wildman–Crippen MR) is 84.4 cm³/mol. The minimum Gasteiger partial charge on any atom is -0.346 e. The largest absolute Gasteiger partial charge is 0.346 e. The molecule has 1 amide bonds. The Hall–Kier alpha value is -1.53. The van der Waals surface area contributed by atoms with Gasteiger partial charge in [0.2, 0.25) is 0 Å². The first kappa shape index (κ1) is 15.4. The van der Waals surface area contributed by atoms with E-state index in [1.807, 2.05) is 6.92 Å². The topological polar surface area (TPSA) is 64.7 Å². The van der Waals surface area contributed by atoms with Crippen LogP contribution in [0.3, 0.4) is 0 Å². The van der Waals surface area contributed by atoms with E-state index in [1.165, 1.54) is 0 Å². The van der Waals surface area contributed by atoms with Gasteiger partial charge in [-0.25, -0.2) is 0 Å². The van der Waals surface area contributed by atoms with Crippen molar-refractivity contribution in [1.82, 2.24) is 24.6 Å². The average molecular weight is 342 g/mol. The van der Waals surface area contributed by atoms with Crippen molar-refractivity contribution < 1.29 is 4.79 Å². The molecule has 0 aliphatic carbocycles. The van der Waals surface area contributed by atoms with Crippen LogP contribution in [0.25, 0.3) is 0 Å². The molecule has 8 heteroatoms. The molecule has 3 heterocycles. The highest BCUT2D eigenvalue weighted by atomic mass is 35.5. The Balaban J connectivity index is 1.74. The van der Waals surface area contributed by atoms with Crippen molar-refractivity contribution in [2.75, 3.05) is 0 Å². The lowest BCUT2D eigenvalue weighted by atomic mass is 10.1. The van der Waals surface area contributed by atoms with E-state index in [-0.39, 0.29) is 11.9 Å². The molecule has 1 N–H and O–H groups in total. The second-order valence-electron chi connectivity index (χ2n) is 5.43. The van der Waals surface area contributed by atoms with Crippen LogP contribution in [0.15, 0.2) is 6.07 Å². The Bertz CT molecular complexity index is 708. The van der Waals surface area contributed by atoms with E-state index in [4.69, 9.17) is 23.2 Å². The van der Waals surface area contributed by atoms with Gasteiger partial charge in [-0.15, -0.1) is 10.2 Å². The Morgan fingerprint density at radius 2 is 2.23 bits per heavy atom. The molecule has 0 saturated carbocycles. The molecule has 0 radical (unpaired) electrons. The van der Waals surface area contributed by atoms with Crippen LogP contribution in [0.1, 0.15) is 35.5 Å². The summed E-state index contributed by atoms with van der Waals surface area (Å²) in [5.41, 5.74) is 0.459. The first-order chi connectivity index (χ1) is 10.5. The number of aryl methyl sites for hydroxylation is 2. The minimum absolute atomic E-state index is 0.0498. The molecule has 22 heavy (non-hydrogen) atoms. The van der Waals surface area contributed by atoms with Crippen LogP contribution < -0.4 is 5.32 Å². The van der Waals surface area contributed by atoms with Gasteiger partial charge in [0.05, 0.1) is 5.02 Å². The molecule has 1 atom stereocenters. The number of amides is 1. The smallest absolute Gasteiger partial charge is 0.268 e. The minimum atomic E-state index is -0.170. The summed E-state index contributed by atoms with van der Waals surface area (Å²) in [6.45, 7) is 2.75. The second kappa shape index (κ2) is 5.93. The zero-order valence-electron chi connectivity index (χ0n) is 12.4. The fraction of sp³-hybridized carbons (Fsp3) is 0.500. The Kier molecular flexibility index (Phi) is 4.14. The number of carbonyl (C=O) groups is 1. The first-order valence-electron chi connectivity index (χ1n) is 7.23. The van der Waals surface area contributed by atoms with Crippen molar-refractivity contribution in [2.24, 2.45) is 7.05 Å². The highest BCUT2D eigenvalue weighted by Crippen LogP contribution is 2.25. The molecule has 0 aromatic carbocycles. The third kappa shape index (κ3) is 2.61. The maximum atomic E-state index is 12.4. The summed E-state index contributed by atoms with van der Waals surface area (Å²) in [7, 11) is 1.72. The summed E-state index contributed by atoms with van der Waals surface area (Å²) in [6.07, 6.45) is 2.49. The highest BCUT2D eigenvalue weighted by molar-refractivity contribution is 6.41. The lowest BCUT2D eigenvalue weighted by molar-refractivity contribution is 0.0919. The molecule has 1 aliphatic heterocycles. The van der Waals surface area contributed by atoms with Crippen LogP contribution >= 0.6 is 23.2 Å². The molecular formula is C14H17Cl2N5O. The number of hydrogen-bond donors (Lipinski definition) is 1. The summed E-state index contributed by atoms with van der Waals surface area (Å²) in [5, 5.41) is 12.2. The van der Waals surface area contributed by atoms with Crippen molar-refractivity contribution in [1.29, 1.82) is 0 Å². The molecular weight excluding hydrogens is 325 g/mol. The van der Waals surface area contributed by atoms with E-state index in [2.05, 4.69) is 20.1 Å². The lowest BCUT2D eigenvalue weighted by Gasteiger charge is -2.25. The molecule has 0 bridgehead atoms. The Labute approximate surface area is 138 Å². The van der Waals surface area contributed by atoms with Crippen molar-refractivity contribution in [3.8, 4) is 0 Å². The quantitative estimate of drug-likeness (QED) is 0.930. The fourth-order valence-corrected chi connectivity index (χ4v) is 3.16. The summed E-state index contributed by atoms with van der Waals surface area (Å²) in [6, 6.07) is 1.64. The van der Waals surface area contributed by atoms with Crippen LogP contribution in [0.4, 0.5) is 0 Å². The van der Waals surface area contributed by atoms with Gasteiger partial charge < -0.3 is 14.5 Å². The third-order valence-electron chi connectivity index (χ3n) is 4.02. The number of fused-ring (bicyclic) bond motifs is 1. The molecule has 0 spiro atoms. The summed E-state index contributed by atoms with van der Waals surface area (Å²) in [4.78, 5) is 12.4. The monoisotopic (exact) mass is 341 g/mol. The van der Waals surface area contributed by atoms with Gasteiger partial charge in [0.1, 0.15) is 22.5 Å². The number of nitrogens with zero attached hydrogens (tertiary/aromatic N) is 4. The summed E-state index contributed by atoms with van der Waals surface area (Å²) >= 11 is 12.0. The van der Waals surface area contributed by atoms with Gasteiger partial charge in [-0.2, -0.15) is 0 Å². The fourth-order valence-electron chi connectivity index (χ4n) is 2.78. The number of rotatable bonds is 3. The van der Waals surface area contributed by atoms with Crippen LogP contribution in [0, 0.1) is 0 Å². The van der Waals surface area contributed by atoms with Crippen LogP contribution in [0.2, 0.25) is 10.2 Å². The van der Waals surface area contributed by atoms with E-state index < -0.39 is 0 Å². The molecule has 6 nitrogen and oxygen atoms in total. The molecule has 0 unspecified atom stereocenters. The zero-order valence-corrected chi connectivity index (χ0v) is 13.9. The van der Waals surface area contributed by atoms with Crippen LogP contribution in [-0.2, 0) is 26.4 Å². The Morgan fingerprint density at radius 1 is 1.45 bits per heavy atom.